The number of nitrogens with one attached hydrogen (secondary N) is 2. The van der Waals surface area contributed by atoms with E-state index in [0.29, 0.717) is 50.5 Å². The lowest BCUT2D eigenvalue weighted by atomic mass is 9.84. The lowest BCUT2D eigenvalue weighted by Gasteiger charge is -2.41. The number of likely N-dealkylation sites (tertiary alicyclic amines) is 1. The minimum Gasteiger partial charge on any atom is -0.464 e. The number of alkyl halides is 1. The fraction of sp³-hybridized carbons (Fsp3) is 0.540. The maximum atomic E-state index is 14.9. The number of likely N-dealkylation sites (N-methyl/N-ethyl adjacent to an activating group) is 1. The van der Waals surface area contributed by atoms with Crippen LogP contribution in [0.3, 0.4) is 0 Å². The number of halogens is 1. The fourth-order valence-electron chi connectivity index (χ4n) is 10.2. The van der Waals surface area contributed by atoms with Gasteiger partial charge in [0.25, 0.3) is 11.8 Å². The number of carbonyl (C=O) groups excluding carboxylic acids is 5. The van der Waals surface area contributed by atoms with Crippen LogP contribution >= 0.6 is 33.9 Å². The molecule has 2 N–H and O–H groups in total. The Bertz CT molecular complexity index is 2630. The smallest absolute Gasteiger partial charge is 0.324 e. The highest BCUT2D eigenvalue weighted by atomic mass is 127. The van der Waals surface area contributed by atoms with Gasteiger partial charge in [-0.3, -0.25) is 29.2 Å². The second kappa shape index (κ2) is 20.4. The van der Waals surface area contributed by atoms with Crippen LogP contribution < -0.4 is 10.7 Å². The summed E-state index contributed by atoms with van der Waals surface area (Å²) in [4.78, 5) is 85.4. The van der Waals surface area contributed by atoms with Crippen molar-refractivity contribution in [2.75, 3.05) is 53.6 Å². The van der Waals surface area contributed by atoms with Gasteiger partial charge < -0.3 is 38.8 Å². The Morgan fingerprint density at radius 1 is 1.17 bits per heavy atom. The number of cyclic esters (lactones) is 1. The van der Waals surface area contributed by atoms with E-state index in [1.54, 1.807) is 30.2 Å². The number of aryl methyl sites for hydroxylation is 1. The van der Waals surface area contributed by atoms with Crippen molar-refractivity contribution in [3.63, 3.8) is 0 Å². The van der Waals surface area contributed by atoms with Gasteiger partial charge in [0.2, 0.25) is 5.91 Å². The minimum atomic E-state index is -1.46. The second-order valence-corrected chi connectivity index (χ2v) is 22.1. The number of pyridine rings is 1. The van der Waals surface area contributed by atoms with Crippen molar-refractivity contribution < 1.29 is 38.2 Å². The van der Waals surface area contributed by atoms with Gasteiger partial charge in [-0.15, -0.1) is 11.3 Å². The first-order valence-electron chi connectivity index (χ1n) is 23.8. The molecule has 5 amide bonds. The number of hydrogen-bond donors (Lipinski definition) is 2. The molecule has 6 atom stereocenters. The van der Waals surface area contributed by atoms with E-state index in [9.17, 15) is 24.0 Å². The van der Waals surface area contributed by atoms with Gasteiger partial charge >= 0.3 is 12.0 Å². The van der Waals surface area contributed by atoms with Gasteiger partial charge in [0.15, 0.2) is 3.55 Å². The standard InChI is InChI=1S/C50H64IN9O8S/c1-10-42(61)59-20-21-67-40-26-57(25-39(40)59)48(65)56(8)50(51,29(3)4)47(64)54-36-23-41-53-37(27-69-41)31-16-17-38-33(22-31)34(44(58(38)11-2)32-14-12-18-52-43(32)30(5)66-9)24-49(6,7)28-68-46(63)35-15-13-19-60(55-35)45(36)62/h10,12,14,16-18,22,27,29-30,35-36,39-40,55H,1,11,13,15,19-21,23-26,28H2,2-9H3,(H,54,64)/t30-,35-,36-,39-,40+,50?/m0/s1. The fourth-order valence-corrected chi connectivity index (χ4v) is 11.4. The van der Waals surface area contributed by atoms with Crippen molar-refractivity contribution in [3.8, 4) is 22.5 Å². The van der Waals surface area contributed by atoms with Crippen molar-refractivity contribution in [1.29, 1.82) is 0 Å². The Labute approximate surface area is 421 Å². The Hall–Kier alpha value is -4.96. The van der Waals surface area contributed by atoms with Crippen LogP contribution in [0.1, 0.15) is 76.8 Å². The summed E-state index contributed by atoms with van der Waals surface area (Å²) in [5.41, 5.74) is 9.20. The Morgan fingerprint density at radius 2 is 1.96 bits per heavy atom. The molecular formula is C50H64IN9O8S. The van der Waals surface area contributed by atoms with Crippen molar-refractivity contribution in [3.05, 3.63) is 70.8 Å². The molecule has 0 aliphatic carbocycles. The molecule has 3 aromatic heterocycles. The third kappa shape index (κ3) is 9.77. The van der Waals surface area contributed by atoms with E-state index in [-0.39, 0.29) is 50.3 Å². The average molecular weight is 1080 g/mol. The first kappa shape index (κ1) is 50.4. The number of hydrazine groups is 1. The average Bonchev–Trinajstić information content (AvgIpc) is 4.09. The molecule has 3 saturated heterocycles. The Balaban J connectivity index is 1.15. The zero-order valence-corrected chi connectivity index (χ0v) is 43.7. The summed E-state index contributed by atoms with van der Waals surface area (Å²) >= 11 is 3.42. The van der Waals surface area contributed by atoms with Gasteiger partial charge in [0, 0.05) is 85.8 Å². The lowest BCUT2D eigenvalue weighted by Crippen LogP contribution is -2.65. The molecule has 6 bridgehead atoms. The maximum Gasteiger partial charge on any atom is 0.324 e. The maximum absolute atomic E-state index is 14.9. The quantitative estimate of drug-likeness (QED) is 0.0647. The number of thiazole rings is 1. The zero-order chi connectivity index (χ0) is 49.5. The first-order valence-corrected chi connectivity index (χ1v) is 25.8. The van der Waals surface area contributed by atoms with E-state index < -0.39 is 50.8 Å². The summed E-state index contributed by atoms with van der Waals surface area (Å²) < 4.78 is 18.8. The molecule has 1 aromatic carbocycles. The van der Waals surface area contributed by atoms with Gasteiger partial charge in [-0.25, -0.2) is 15.2 Å². The third-order valence-electron chi connectivity index (χ3n) is 14.0. The highest BCUT2D eigenvalue weighted by Gasteiger charge is 2.51. The van der Waals surface area contributed by atoms with E-state index >= 15 is 0 Å². The summed E-state index contributed by atoms with van der Waals surface area (Å²) in [5.74, 6) is -2.09. The van der Waals surface area contributed by atoms with Crippen LogP contribution in [0.25, 0.3) is 33.4 Å². The van der Waals surface area contributed by atoms with Crippen LogP contribution in [0, 0.1) is 11.3 Å². The molecule has 69 heavy (non-hydrogen) atoms. The molecule has 1 unspecified atom stereocenters. The molecule has 7 heterocycles. The van der Waals surface area contributed by atoms with Crippen molar-refractivity contribution in [2.24, 2.45) is 11.3 Å². The van der Waals surface area contributed by atoms with E-state index in [4.69, 9.17) is 24.2 Å². The van der Waals surface area contributed by atoms with Crippen LogP contribution in [0.5, 0.6) is 0 Å². The Kier molecular flexibility index (Phi) is 14.9. The summed E-state index contributed by atoms with van der Waals surface area (Å²) in [6.45, 7) is 18.0. The molecule has 4 aromatic rings. The van der Waals surface area contributed by atoms with Crippen molar-refractivity contribution in [2.45, 2.75) is 108 Å². The van der Waals surface area contributed by atoms with Crippen LogP contribution in [-0.2, 0) is 52.8 Å². The topological polar surface area (TPSA) is 181 Å². The zero-order valence-electron chi connectivity index (χ0n) is 40.8. The molecule has 0 spiro atoms. The molecule has 0 radical (unpaired) electrons. The van der Waals surface area contributed by atoms with Gasteiger partial charge in [-0.2, -0.15) is 0 Å². The minimum absolute atomic E-state index is 0.0461. The molecular weight excluding hydrogens is 1010 g/mol. The lowest BCUT2D eigenvalue weighted by molar-refractivity contribution is -0.155. The molecule has 19 heteroatoms. The third-order valence-corrected chi connectivity index (χ3v) is 17.4. The van der Waals surface area contributed by atoms with E-state index in [1.807, 2.05) is 54.8 Å². The molecule has 3 fully saturated rings. The summed E-state index contributed by atoms with van der Waals surface area (Å²) in [5, 5.41) is 8.11. The number of morpholine rings is 1. The highest BCUT2D eigenvalue weighted by Crippen LogP contribution is 2.42. The van der Waals surface area contributed by atoms with E-state index in [1.165, 1.54) is 27.3 Å². The van der Waals surface area contributed by atoms with Crippen molar-refractivity contribution >= 4 is 74.6 Å². The number of aromatic nitrogens is 3. The monoisotopic (exact) mass is 1080 g/mol. The van der Waals surface area contributed by atoms with Crippen LogP contribution in [0.4, 0.5) is 4.79 Å². The number of nitrogens with zero attached hydrogens (tertiary/aromatic N) is 7. The van der Waals surface area contributed by atoms with Gasteiger partial charge in [-0.05, 0) is 97.5 Å². The number of benzene rings is 1. The number of methoxy groups -OCH3 is 1. The highest BCUT2D eigenvalue weighted by molar-refractivity contribution is 14.1. The normalized spacial score (nSPS) is 23.2. The Morgan fingerprint density at radius 3 is 2.68 bits per heavy atom. The van der Waals surface area contributed by atoms with Gasteiger partial charge in [0.1, 0.15) is 12.1 Å². The summed E-state index contributed by atoms with van der Waals surface area (Å²) in [7, 11) is 3.27. The van der Waals surface area contributed by atoms with E-state index in [2.05, 4.69) is 66.9 Å². The molecule has 8 rings (SSSR count). The second-order valence-electron chi connectivity index (χ2n) is 19.5. The first-order chi connectivity index (χ1) is 32.9. The SMILES string of the molecule is C=CC(=O)N1CCO[C@@H]2CN(C(=O)N(C)C(I)(C(=O)N[C@H]3Cc4nc(cs4)-c4ccc5c(c4)c(c(-c4cccnc4[C@H](C)OC)n5CC)CC(C)(C)COC(=O)[C@@H]4CCCN(N4)C3=O)C(C)C)C[C@@H]21. The van der Waals surface area contributed by atoms with Crippen LogP contribution in [0.15, 0.2) is 54.6 Å². The van der Waals surface area contributed by atoms with Gasteiger partial charge in [0.05, 0.1) is 60.1 Å². The van der Waals surface area contributed by atoms with Gasteiger partial charge in [-0.1, -0.05) is 40.3 Å². The van der Waals surface area contributed by atoms with Crippen LogP contribution in [0.2, 0.25) is 0 Å². The number of urea groups is 1. The van der Waals surface area contributed by atoms with Crippen molar-refractivity contribution in [1.82, 2.24) is 45.0 Å². The predicted octanol–water partition coefficient (Wildman–Crippen LogP) is 6.14. The van der Waals surface area contributed by atoms with E-state index in [0.717, 1.165) is 44.7 Å². The number of carbonyl (C=O) groups is 5. The van der Waals surface area contributed by atoms with Crippen LogP contribution in [-0.4, -0.2) is 145 Å². The number of rotatable bonds is 9. The molecule has 370 valence electrons. The molecule has 4 aliphatic rings. The summed E-state index contributed by atoms with van der Waals surface area (Å²) in [6, 6.07) is 7.70. The molecule has 17 nitrogen and oxygen atoms in total. The molecule has 4 aliphatic heterocycles. The predicted molar refractivity (Wildman–Crippen MR) is 271 cm³/mol. The number of ether oxygens (including phenoxy) is 3. The number of amides is 5. The summed E-state index contributed by atoms with van der Waals surface area (Å²) in [6.07, 6.45) is 4.01. The largest absolute Gasteiger partial charge is 0.464 e. The number of esters is 1. The number of fused-ring (bicyclic) bond motifs is 7. The number of hydrogen-bond acceptors (Lipinski definition) is 12. The molecule has 0 saturated carbocycles.